The number of carbonyl (C=O) groups is 3. The van der Waals surface area contributed by atoms with E-state index in [9.17, 15) is 14.4 Å². The second-order valence-corrected chi connectivity index (χ2v) is 5.22. The second kappa shape index (κ2) is 4.89. The van der Waals surface area contributed by atoms with E-state index in [-0.39, 0.29) is 30.2 Å². The van der Waals surface area contributed by atoms with Crippen LogP contribution in [-0.2, 0) is 9.59 Å². The fourth-order valence-corrected chi connectivity index (χ4v) is 2.58. The Morgan fingerprint density at radius 2 is 2.22 bits per heavy atom. The van der Waals surface area contributed by atoms with Crippen molar-refractivity contribution in [3.05, 3.63) is 22.4 Å². The number of nitrogens with one attached hydrogen (secondary N) is 1. The summed E-state index contributed by atoms with van der Waals surface area (Å²) >= 11 is 1.41. The van der Waals surface area contributed by atoms with Gasteiger partial charge in [0.15, 0.2) is 0 Å². The predicted molar refractivity (Wildman–Crippen MR) is 67.2 cm³/mol. The minimum absolute atomic E-state index is 0.0485. The molecule has 0 unspecified atom stereocenters. The van der Waals surface area contributed by atoms with Gasteiger partial charge in [-0.05, 0) is 25.3 Å². The highest BCUT2D eigenvalue weighted by Gasteiger charge is 2.40. The molecule has 2 heterocycles. The third kappa shape index (κ3) is 2.28. The SMILES string of the molecule is CC(C)N1C(=O)C[C@H](NC(=O)c2ccsc2)C1=O. The van der Waals surface area contributed by atoms with Crippen LogP contribution in [0.25, 0.3) is 0 Å². The normalized spacial score (nSPS) is 19.7. The molecule has 5 nitrogen and oxygen atoms in total. The highest BCUT2D eigenvalue weighted by molar-refractivity contribution is 7.08. The number of amides is 3. The molecule has 1 N–H and O–H groups in total. The van der Waals surface area contributed by atoms with Gasteiger partial charge in [-0.25, -0.2) is 0 Å². The maximum atomic E-state index is 12.0. The first-order valence-corrected chi connectivity index (χ1v) is 6.64. The van der Waals surface area contributed by atoms with Gasteiger partial charge >= 0.3 is 0 Å². The number of imide groups is 1. The van der Waals surface area contributed by atoms with Gasteiger partial charge in [0.25, 0.3) is 11.8 Å². The summed E-state index contributed by atoms with van der Waals surface area (Å²) in [7, 11) is 0. The first-order chi connectivity index (χ1) is 8.50. The van der Waals surface area contributed by atoms with Crippen LogP contribution in [0.1, 0.15) is 30.6 Å². The van der Waals surface area contributed by atoms with E-state index >= 15 is 0 Å². The average Bonchev–Trinajstić information content (AvgIpc) is 2.88. The summed E-state index contributed by atoms with van der Waals surface area (Å²) in [5.41, 5.74) is 0.517. The number of likely N-dealkylation sites (tertiary alicyclic amines) is 1. The summed E-state index contributed by atoms with van der Waals surface area (Å²) in [6.45, 7) is 3.55. The topological polar surface area (TPSA) is 66.5 Å². The number of carbonyl (C=O) groups excluding carboxylic acids is 3. The molecule has 0 aliphatic carbocycles. The Balaban J connectivity index is 2.06. The molecular weight excluding hydrogens is 252 g/mol. The van der Waals surface area contributed by atoms with Crippen LogP contribution in [0.5, 0.6) is 0 Å². The standard InChI is InChI=1S/C12H14N2O3S/c1-7(2)14-10(15)5-9(12(14)17)13-11(16)8-3-4-18-6-8/h3-4,6-7,9H,5H2,1-2H3,(H,13,16)/t9-/m0/s1. The molecule has 1 aromatic heterocycles. The number of nitrogens with zero attached hydrogens (tertiary/aromatic N) is 1. The smallest absolute Gasteiger partial charge is 0.252 e. The van der Waals surface area contributed by atoms with Gasteiger partial charge in [-0.2, -0.15) is 11.3 Å². The van der Waals surface area contributed by atoms with Gasteiger partial charge in [-0.15, -0.1) is 0 Å². The zero-order valence-electron chi connectivity index (χ0n) is 10.2. The Kier molecular flexibility index (Phi) is 3.47. The monoisotopic (exact) mass is 266 g/mol. The summed E-state index contributed by atoms with van der Waals surface area (Å²) in [5.74, 6) is -0.864. The minimum Gasteiger partial charge on any atom is -0.340 e. The summed E-state index contributed by atoms with van der Waals surface area (Å²) < 4.78 is 0. The van der Waals surface area contributed by atoms with Crippen LogP contribution in [0.2, 0.25) is 0 Å². The molecule has 6 heteroatoms. The highest BCUT2D eigenvalue weighted by atomic mass is 32.1. The van der Waals surface area contributed by atoms with Crippen molar-refractivity contribution in [2.75, 3.05) is 0 Å². The maximum absolute atomic E-state index is 12.0. The molecular formula is C12H14N2O3S. The lowest BCUT2D eigenvalue weighted by Crippen LogP contribution is -2.43. The molecule has 1 saturated heterocycles. The van der Waals surface area contributed by atoms with Crippen molar-refractivity contribution >= 4 is 29.1 Å². The Labute approximate surface area is 109 Å². The fourth-order valence-electron chi connectivity index (χ4n) is 1.94. The van der Waals surface area contributed by atoms with Crippen LogP contribution in [0.15, 0.2) is 16.8 Å². The molecule has 18 heavy (non-hydrogen) atoms. The van der Waals surface area contributed by atoms with E-state index in [1.807, 2.05) is 0 Å². The Hall–Kier alpha value is -1.69. The quantitative estimate of drug-likeness (QED) is 0.830. The van der Waals surface area contributed by atoms with E-state index in [0.29, 0.717) is 5.56 Å². The highest BCUT2D eigenvalue weighted by Crippen LogP contribution is 2.17. The van der Waals surface area contributed by atoms with E-state index in [2.05, 4.69) is 5.32 Å². The van der Waals surface area contributed by atoms with E-state index in [1.165, 1.54) is 16.2 Å². The fraction of sp³-hybridized carbons (Fsp3) is 0.417. The van der Waals surface area contributed by atoms with Gasteiger partial charge in [0, 0.05) is 11.4 Å². The summed E-state index contributed by atoms with van der Waals surface area (Å²) in [4.78, 5) is 36.6. The molecule has 96 valence electrons. The second-order valence-electron chi connectivity index (χ2n) is 4.44. The lowest BCUT2D eigenvalue weighted by Gasteiger charge is -2.19. The summed E-state index contributed by atoms with van der Waals surface area (Å²) in [6, 6.07) is 0.780. The average molecular weight is 266 g/mol. The molecule has 1 aliphatic heterocycles. The molecule has 1 fully saturated rings. The molecule has 0 radical (unpaired) electrons. The minimum atomic E-state index is -0.729. The van der Waals surface area contributed by atoms with Crippen molar-refractivity contribution in [2.45, 2.75) is 32.4 Å². The van der Waals surface area contributed by atoms with E-state index in [4.69, 9.17) is 0 Å². The van der Waals surface area contributed by atoms with Crippen LogP contribution >= 0.6 is 11.3 Å². The van der Waals surface area contributed by atoms with Crippen molar-refractivity contribution in [1.29, 1.82) is 0 Å². The predicted octanol–water partition coefficient (Wildman–Crippen LogP) is 1.01. The van der Waals surface area contributed by atoms with Crippen LogP contribution < -0.4 is 5.32 Å². The molecule has 0 bridgehead atoms. The van der Waals surface area contributed by atoms with Gasteiger partial charge in [-0.1, -0.05) is 0 Å². The van der Waals surface area contributed by atoms with Gasteiger partial charge in [-0.3, -0.25) is 19.3 Å². The summed E-state index contributed by atoms with van der Waals surface area (Å²) in [5, 5.41) is 6.10. The summed E-state index contributed by atoms with van der Waals surface area (Å²) in [6.07, 6.45) is 0.0485. The van der Waals surface area contributed by atoms with Crippen molar-refractivity contribution in [3.63, 3.8) is 0 Å². The van der Waals surface area contributed by atoms with Crippen molar-refractivity contribution < 1.29 is 14.4 Å². The van der Waals surface area contributed by atoms with Gasteiger partial charge in [0.2, 0.25) is 5.91 Å². The van der Waals surface area contributed by atoms with E-state index in [1.54, 1.807) is 30.7 Å². The van der Waals surface area contributed by atoms with Crippen molar-refractivity contribution in [2.24, 2.45) is 0 Å². The lowest BCUT2D eigenvalue weighted by molar-refractivity contribution is -0.140. The number of hydrogen-bond acceptors (Lipinski definition) is 4. The first kappa shape index (κ1) is 12.8. The third-order valence-corrected chi connectivity index (χ3v) is 3.47. The van der Waals surface area contributed by atoms with Crippen LogP contribution in [0.4, 0.5) is 0 Å². The van der Waals surface area contributed by atoms with Crippen LogP contribution in [0.3, 0.4) is 0 Å². The van der Waals surface area contributed by atoms with Gasteiger partial charge < -0.3 is 5.32 Å². The molecule has 1 aliphatic rings. The zero-order chi connectivity index (χ0) is 13.3. The number of hydrogen-bond donors (Lipinski definition) is 1. The Bertz CT molecular complexity index is 482. The van der Waals surface area contributed by atoms with E-state index < -0.39 is 6.04 Å². The zero-order valence-corrected chi connectivity index (χ0v) is 11.0. The maximum Gasteiger partial charge on any atom is 0.252 e. The van der Waals surface area contributed by atoms with E-state index in [0.717, 1.165) is 0 Å². The third-order valence-electron chi connectivity index (χ3n) is 2.79. The Morgan fingerprint density at radius 1 is 1.50 bits per heavy atom. The molecule has 3 amide bonds. The van der Waals surface area contributed by atoms with Crippen LogP contribution in [0, 0.1) is 0 Å². The van der Waals surface area contributed by atoms with Crippen molar-refractivity contribution in [3.8, 4) is 0 Å². The first-order valence-electron chi connectivity index (χ1n) is 5.69. The molecule has 2 rings (SSSR count). The number of thiophene rings is 1. The Morgan fingerprint density at radius 3 is 2.72 bits per heavy atom. The van der Waals surface area contributed by atoms with Crippen molar-refractivity contribution in [1.82, 2.24) is 10.2 Å². The van der Waals surface area contributed by atoms with Gasteiger partial charge in [0.05, 0.1) is 12.0 Å². The lowest BCUT2D eigenvalue weighted by atomic mass is 10.2. The number of rotatable bonds is 3. The molecule has 0 saturated carbocycles. The molecule has 0 aromatic carbocycles. The molecule has 0 spiro atoms. The molecule has 1 atom stereocenters. The largest absolute Gasteiger partial charge is 0.340 e. The van der Waals surface area contributed by atoms with Gasteiger partial charge in [0.1, 0.15) is 6.04 Å². The van der Waals surface area contributed by atoms with Crippen LogP contribution in [-0.4, -0.2) is 34.7 Å². The molecule has 1 aromatic rings.